The fourth-order valence-corrected chi connectivity index (χ4v) is 3.66. The second kappa shape index (κ2) is 5.48. The topological polar surface area (TPSA) is 40.9 Å². The Morgan fingerprint density at radius 2 is 2.19 bits per heavy atom. The van der Waals surface area contributed by atoms with Gasteiger partial charge < -0.3 is 0 Å². The van der Waals surface area contributed by atoms with Crippen LogP contribution in [0.2, 0.25) is 0 Å². The van der Waals surface area contributed by atoms with Gasteiger partial charge in [-0.25, -0.2) is 0 Å². The number of nitrogens with zero attached hydrogens (tertiary/aromatic N) is 1. The molecule has 0 radical (unpaired) electrons. The minimum Gasteiger partial charge on any atom is -0.300 e. The predicted molar refractivity (Wildman–Crippen MR) is 62.6 cm³/mol. The van der Waals surface area contributed by atoms with Crippen LogP contribution in [0, 0.1) is 29.1 Å². The molecule has 2 heteroatoms. The van der Waals surface area contributed by atoms with Gasteiger partial charge in [0.05, 0.1) is 6.07 Å². The lowest BCUT2D eigenvalue weighted by molar-refractivity contribution is -0.120. The van der Waals surface area contributed by atoms with E-state index in [9.17, 15) is 4.79 Å². The molecule has 0 aromatic heterocycles. The zero-order valence-electron chi connectivity index (χ0n) is 9.95. The third-order valence-corrected chi connectivity index (χ3v) is 4.48. The molecule has 2 rings (SSSR count). The third-order valence-electron chi connectivity index (χ3n) is 4.48. The van der Waals surface area contributed by atoms with Gasteiger partial charge in [0.1, 0.15) is 5.78 Å². The number of carbonyl (C=O) groups excluding carboxylic acids is 1. The van der Waals surface area contributed by atoms with Crippen LogP contribution in [0.25, 0.3) is 0 Å². The van der Waals surface area contributed by atoms with Gasteiger partial charge in [0.2, 0.25) is 0 Å². The molecule has 0 amide bonds. The largest absolute Gasteiger partial charge is 0.300 e. The highest BCUT2D eigenvalue weighted by Crippen LogP contribution is 2.45. The number of carbonyl (C=O) groups is 1. The van der Waals surface area contributed by atoms with Crippen molar-refractivity contribution in [2.24, 2.45) is 17.8 Å². The lowest BCUT2D eigenvalue weighted by Gasteiger charge is -2.21. The van der Waals surface area contributed by atoms with Crippen molar-refractivity contribution in [1.82, 2.24) is 0 Å². The Morgan fingerprint density at radius 3 is 3.00 bits per heavy atom. The van der Waals surface area contributed by atoms with Gasteiger partial charge in [-0.15, -0.1) is 0 Å². The second-order valence-electron chi connectivity index (χ2n) is 5.45. The third kappa shape index (κ3) is 2.64. The van der Waals surface area contributed by atoms with Crippen molar-refractivity contribution in [3.8, 4) is 6.07 Å². The highest BCUT2D eigenvalue weighted by molar-refractivity contribution is 5.78. The molecule has 2 saturated carbocycles. The van der Waals surface area contributed by atoms with Gasteiger partial charge in [0, 0.05) is 19.3 Å². The molecule has 0 bridgehead atoms. The zero-order chi connectivity index (χ0) is 11.4. The van der Waals surface area contributed by atoms with Crippen molar-refractivity contribution < 1.29 is 4.79 Å². The Morgan fingerprint density at radius 1 is 1.31 bits per heavy atom. The van der Waals surface area contributed by atoms with E-state index in [4.69, 9.17) is 5.26 Å². The van der Waals surface area contributed by atoms with E-state index in [1.807, 2.05) is 0 Å². The molecule has 0 unspecified atom stereocenters. The van der Waals surface area contributed by atoms with Gasteiger partial charge in [-0.3, -0.25) is 4.79 Å². The summed E-state index contributed by atoms with van der Waals surface area (Å²) in [5, 5.41) is 8.56. The van der Waals surface area contributed by atoms with Gasteiger partial charge in [0.15, 0.2) is 0 Å². The number of ketones is 1. The summed E-state index contributed by atoms with van der Waals surface area (Å²) < 4.78 is 0. The summed E-state index contributed by atoms with van der Waals surface area (Å²) in [6.45, 7) is 0. The minimum atomic E-state index is 0.486. The van der Waals surface area contributed by atoms with Crippen LogP contribution >= 0.6 is 0 Å². The normalized spacial score (nSPS) is 34.2. The van der Waals surface area contributed by atoms with E-state index in [-0.39, 0.29) is 0 Å². The van der Waals surface area contributed by atoms with Gasteiger partial charge in [-0.05, 0) is 56.3 Å². The molecular weight excluding hydrogens is 198 g/mol. The van der Waals surface area contributed by atoms with Gasteiger partial charge >= 0.3 is 0 Å². The fraction of sp³-hybridized carbons (Fsp3) is 0.857. The van der Waals surface area contributed by atoms with Crippen molar-refractivity contribution in [1.29, 1.82) is 5.26 Å². The second-order valence-corrected chi connectivity index (χ2v) is 5.45. The average Bonchev–Trinajstić information content (AvgIpc) is 2.54. The van der Waals surface area contributed by atoms with Crippen LogP contribution in [-0.2, 0) is 4.79 Å². The Hall–Kier alpha value is -0.840. The number of rotatable bonds is 3. The number of nitriles is 1. The molecule has 88 valence electrons. The van der Waals surface area contributed by atoms with Crippen LogP contribution in [0.1, 0.15) is 57.8 Å². The fourth-order valence-electron chi connectivity index (χ4n) is 3.66. The average molecular weight is 219 g/mol. The number of hydrogen-bond donors (Lipinski definition) is 0. The molecule has 0 N–H and O–H groups in total. The maximum atomic E-state index is 11.6. The first-order valence-corrected chi connectivity index (χ1v) is 6.70. The molecule has 0 aliphatic heterocycles. The van der Waals surface area contributed by atoms with Gasteiger partial charge in [-0.2, -0.15) is 5.26 Å². The van der Waals surface area contributed by atoms with E-state index < -0.39 is 0 Å². The van der Waals surface area contributed by atoms with Crippen LogP contribution < -0.4 is 0 Å². The molecular formula is C14H21NO. The van der Waals surface area contributed by atoms with Gasteiger partial charge in [0.25, 0.3) is 0 Å². The summed E-state index contributed by atoms with van der Waals surface area (Å²) in [5.41, 5.74) is 0. The van der Waals surface area contributed by atoms with E-state index in [1.165, 1.54) is 25.7 Å². The van der Waals surface area contributed by atoms with E-state index in [0.29, 0.717) is 18.1 Å². The number of hydrogen-bond acceptors (Lipinski definition) is 2. The van der Waals surface area contributed by atoms with Crippen molar-refractivity contribution in [2.75, 3.05) is 0 Å². The summed E-state index contributed by atoms with van der Waals surface area (Å²) in [4.78, 5) is 11.6. The van der Waals surface area contributed by atoms with Crippen LogP contribution in [-0.4, -0.2) is 5.78 Å². The molecule has 16 heavy (non-hydrogen) atoms. The van der Waals surface area contributed by atoms with Crippen LogP contribution in [0.3, 0.4) is 0 Å². The summed E-state index contributed by atoms with van der Waals surface area (Å²) in [6.07, 6.45) is 9.54. The lowest BCUT2D eigenvalue weighted by Crippen LogP contribution is -2.16. The number of fused-ring (bicyclic) bond motifs is 1. The van der Waals surface area contributed by atoms with Gasteiger partial charge in [-0.1, -0.05) is 0 Å². The summed E-state index contributed by atoms with van der Waals surface area (Å²) in [5.74, 6) is 2.70. The van der Waals surface area contributed by atoms with Crippen LogP contribution in [0.5, 0.6) is 0 Å². The first-order chi connectivity index (χ1) is 7.81. The molecule has 0 heterocycles. The lowest BCUT2D eigenvalue weighted by atomic mass is 9.83. The van der Waals surface area contributed by atoms with E-state index in [2.05, 4.69) is 6.07 Å². The maximum absolute atomic E-state index is 11.6. The molecule has 2 fully saturated rings. The first-order valence-electron chi connectivity index (χ1n) is 6.70. The van der Waals surface area contributed by atoms with Crippen molar-refractivity contribution in [2.45, 2.75) is 57.8 Å². The SMILES string of the molecule is N#CCCC[C@H]1CC[C@@H]2CCCC(=O)C[C@@H]12. The monoisotopic (exact) mass is 219 g/mol. The smallest absolute Gasteiger partial charge is 0.133 e. The summed E-state index contributed by atoms with van der Waals surface area (Å²) >= 11 is 0. The minimum absolute atomic E-state index is 0.486. The van der Waals surface area contributed by atoms with Crippen molar-refractivity contribution >= 4 is 5.78 Å². The number of unbranched alkanes of at least 4 members (excludes halogenated alkanes) is 1. The van der Waals surface area contributed by atoms with E-state index in [0.717, 1.165) is 37.5 Å². The Balaban J connectivity index is 1.90. The van der Waals surface area contributed by atoms with Crippen LogP contribution in [0.4, 0.5) is 0 Å². The van der Waals surface area contributed by atoms with Crippen LogP contribution in [0.15, 0.2) is 0 Å². The van der Waals surface area contributed by atoms with E-state index >= 15 is 0 Å². The maximum Gasteiger partial charge on any atom is 0.133 e. The Kier molecular flexibility index (Phi) is 3.98. The van der Waals surface area contributed by atoms with E-state index in [1.54, 1.807) is 0 Å². The van der Waals surface area contributed by atoms with Crippen molar-refractivity contribution in [3.63, 3.8) is 0 Å². The molecule has 0 aromatic rings. The first kappa shape index (κ1) is 11.6. The summed E-state index contributed by atoms with van der Waals surface area (Å²) in [6, 6.07) is 2.22. The molecule has 2 aliphatic carbocycles. The number of Topliss-reactive ketones (excluding diaryl/α,β-unsaturated/α-hetero) is 1. The molecule has 3 atom stereocenters. The Labute approximate surface area is 98.0 Å². The summed E-state index contributed by atoms with van der Waals surface area (Å²) in [7, 11) is 0. The molecule has 0 aromatic carbocycles. The zero-order valence-corrected chi connectivity index (χ0v) is 9.95. The molecule has 2 nitrogen and oxygen atoms in total. The molecule has 0 saturated heterocycles. The molecule has 0 spiro atoms. The highest BCUT2D eigenvalue weighted by atomic mass is 16.1. The Bertz CT molecular complexity index is 292. The predicted octanol–water partition coefficient (Wildman–Crippen LogP) is 3.47. The quantitative estimate of drug-likeness (QED) is 0.682. The van der Waals surface area contributed by atoms with Crippen molar-refractivity contribution in [3.05, 3.63) is 0 Å². The standard InChI is InChI=1S/C14H21NO/c15-9-2-1-4-11-7-8-12-5-3-6-13(16)10-14(11)12/h11-12,14H,1-8,10H2/t11-,12-,14-/m0/s1. The highest BCUT2D eigenvalue weighted by Gasteiger charge is 2.37. The molecule has 2 aliphatic rings.